The molecule has 2 aromatic carbocycles. The van der Waals surface area contributed by atoms with Gasteiger partial charge in [-0.1, -0.05) is 0 Å². The second kappa shape index (κ2) is 6.68. The average Bonchev–Trinajstić information content (AvgIpc) is 2.57. The topological polar surface area (TPSA) is 224 Å². The standard InChI is InChI=1S/C16H8O12/c17-11(18)5-1-3-4(2-6(5)12(19)20)8(14(23)24)10(16(27)28)9(15(25)26)7(3)13(21)22/h1-2H,(H,17,18)(H,19,20)(H,21,22)(H,23,24)(H,25,26)(H,27,28). The number of carbonyl (C=O) groups is 6. The van der Waals surface area contributed by atoms with Gasteiger partial charge in [-0.05, 0) is 22.9 Å². The highest BCUT2D eigenvalue weighted by atomic mass is 16.4. The number of fused-ring (bicyclic) bond motifs is 1. The summed E-state index contributed by atoms with van der Waals surface area (Å²) >= 11 is 0. The highest BCUT2D eigenvalue weighted by Crippen LogP contribution is 2.34. The maximum absolute atomic E-state index is 11.6. The van der Waals surface area contributed by atoms with Crippen molar-refractivity contribution in [2.45, 2.75) is 0 Å². The lowest BCUT2D eigenvalue weighted by Crippen LogP contribution is -2.21. The van der Waals surface area contributed by atoms with Gasteiger partial charge in [0.05, 0.1) is 33.4 Å². The van der Waals surface area contributed by atoms with E-state index in [1.165, 1.54) is 0 Å². The lowest BCUT2D eigenvalue weighted by molar-refractivity contribution is 0.0621. The number of hydrogen-bond acceptors (Lipinski definition) is 6. The number of hydrogen-bond donors (Lipinski definition) is 6. The van der Waals surface area contributed by atoms with Crippen LogP contribution in [0.2, 0.25) is 0 Å². The van der Waals surface area contributed by atoms with Crippen LogP contribution in [-0.2, 0) is 0 Å². The van der Waals surface area contributed by atoms with Crippen molar-refractivity contribution < 1.29 is 59.4 Å². The highest BCUT2D eigenvalue weighted by Gasteiger charge is 2.34. The Morgan fingerprint density at radius 2 is 0.679 bits per heavy atom. The van der Waals surface area contributed by atoms with Gasteiger partial charge in [0, 0.05) is 0 Å². The lowest BCUT2D eigenvalue weighted by atomic mass is 9.86. The van der Waals surface area contributed by atoms with Gasteiger partial charge in [0.15, 0.2) is 0 Å². The van der Waals surface area contributed by atoms with Crippen LogP contribution in [0.3, 0.4) is 0 Å². The molecular weight excluding hydrogens is 384 g/mol. The first-order valence-electron chi connectivity index (χ1n) is 6.97. The van der Waals surface area contributed by atoms with Gasteiger partial charge < -0.3 is 30.6 Å². The zero-order chi connectivity index (χ0) is 21.5. The molecule has 0 spiro atoms. The molecule has 12 nitrogen and oxygen atoms in total. The van der Waals surface area contributed by atoms with E-state index in [9.17, 15) is 49.2 Å². The van der Waals surface area contributed by atoms with Crippen LogP contribution in [0.4, 0.5) is 0 Å². The Hall–Kier alpha value is -4.48. The van der Waals surface area contributed by atoms with Gasteiger partial charge in [0.2, 0.25) is 0 Å². The van der Waals surface area contributed by atoms with Crippen LogP contribution in [0, 0.1) is 0 Å². The second-order valence-electron chi connectivity index (χ2n) is 5.27. The molecule has 0 atom stereocenters. The summed E-state index contributed by atoms with van der Waals surface area (Å²) in [5.74, 6) is -11.8. The maximum atomic E-state index is 11.6. The van der Waals surface area contributed by atoms with Crippen LogP contribution in [-0.4, -0.2) is 66.5 Å². The minimum absolute atomic E-state index is 0.481. The van der Waals surface area contributed by atoms with Crippen molar-refractivity contribution in [3.63, 3.8) is 0 Å². The first kappa shape index (κ1) is 19.8. The Bertz CT molecular complexity index is 1040. The van der Waals surface area contributed by atoms with Gasteiger partial charge in [-0.3, -0.25) is 0 Å². The molecule has 2 rings (SSSR count). The molecule has 144 valence electrons. The third-order valence-corrected chi connectivity index (χ3v) is 3.76. The molecule has 0 saturated carbocycles. The van der Waals surface area contributed by atoms with Gasteiger partial charge in [-0.15, -0.1) is 0 Å². The average molecular weight is 392 g/mol. The molecule has 0 unspecified atom stereocenters. The van der Waals surface area contributed by atoms with E-state index in [4.69, 9.17) is 10.2 Å². The molecule has 0 saturated heterocycles. The molecule has 0 bridgehead atoms. The third-order valence-electron chi connectivity index (χ3n) is 3.76. The van der Waals surface area contributed by atoms with Crippen molar-refractivity contribution >= 4 is 46.6 Å². The third kappa shape index (κ3) is 2.94. The fraction of sp³-hybridized carbons (Fsp3) is 0. The van der Waals surface area contributed by atoms with Gasteiger partial charge in [0.1, 0.15) is 0 Å². The zero-order valence-corrected chi connectivity index (χ0v) is 13.3. The number of benzene rings is 2. The van der Waals surface area contributed by atoms with Crippen LogP contribution < -0.4 is 0 Å². The lowest BCUT2D eigenvalue weighted by Gasteiger charge is -2.15. The summed E-state index contributed by atoms with van der Waals surface area (Å²) in [6, 6.07) is 0.962. The first-order valence-corrected chi connectivity index (χ1v) is 6.97. The molecule has 2 aromatic rings. The Labute approximate surface area is 152 Å². The molecule has 0 aliphatic heterocycles. The minimum Gasteiger partial charge on any atom is -0.478 e. The summed E-state index contributed by atoms with van der Waals surface area (Å²) in [5.41, 5.74) is -7.04. The number of carboxylic acid groups (broad SMARTS) is 6. The van der Waals surface area contributed by atoms with Gasteiger partial charge in [-0.25, -0.2) is 28.8 Å². The number of rotatable bonds is 6. The van der Waals surface area contributed by atoms with Gasteiger partial charge >= 0.3 is 35.8 Å². The van der Waals surface area contributed by atoms with Crippen molar-refractivity contribution in [3.8, 4) is 0 Å². The second-order valence-corrected chi connectivity index (χ2v) is 5.27. The smallest absolute Gasteiger partial charge is 0.337 e. The molecule has 0 fully saturated rings. The van der Waals surface area contributed by atoms with E-state index < -0.39 is 80.0 Å². The highest BCUT2D eigenvalue weighted by molar-refractivity contribution is 6.24. The van der Waals surface area contributed by atoms with E-state index in [0.717, 1.165) is 0 Å². The molecule has 0 aliphatic rings. The van der Waals surface area contributed by atoms with Crippen molar-refractivity contribution in [3.05, 3.63) is 45.5 Å². The quantitative estimate of drug-likeness (QED) is 0.405. The van der Waals surface area contributed by atoms with Crippen LogP contribution in [0.5, 0.6) is 0 Å². The Morgan fingerprint density at radius 3 is 0.857 bits per heavy atom. The van der Waals surface area contributed by atoms with E-state index in [1.54, 1.807) is 0 Å². The number of aromatic carboxylic acids is 6. The van der Waals surface area contributed by atoms with Crippen molar-refractivity contribution in [2.75, 3.05) is 0 Å². The summed E-state index contributed by atoms with van der Waals surface area (Å²) in [7, 11) is 0. The summed E-state index contributed by atoms with van der Waals surface area (Å²) in [5, 5.41) is 54.2. The molecule has 12 heteroatoms. The van der Waals surface area contributed by atoms with E-state index in [1.807, 2.05) is 0 Å². The van der Waals surface area contributed by atoms with Crippen LogP contribution in [0.1, 0.15) is 62.1 Å². The monoisotopic (exact) mass is 392 g/mol. The van der Waals surface area contributed by atoms with Gasteiger partial charge in [-0.2, -0.15) is 0 Å². The zero-order valence-electron chi connectivity index (χ0n) is 13.3. The Morgan fingerprint density at radius 1 is 0.429 bits per heavy atom. The maximum Gasteiger partial charge on any atom is 0.337 e. The van der Waals surface area contributed by atoms with Crippen molar-refractivity contribution in [1.82, 2.24) is 0 Å². The molecule has 0 aliphatic carbocycles. The molecule has 6 N–H and O–H groups in total. The molecular formula is C16H8O12. The molecule has 28 heavy (non-hydrogen) atoms. The summed E-state index contributed by atoms with van der Waals surface area (Å²) in [4.78, 5) is 69.0. The Kier molecular flexibility index (Phi) is 4.73. The summed E-state index contributed by atoms with van der Waals surface area (Å²) in [6.07, 6.45) is 0. The SMILES string of the molecule is O=C(O)c1cc2c(C(=O)O)c(C(=O)O)c(C(=O)O)c(C(=O)O)c2cc1C(=O)O. The van der Waals surface area contributed by atoms with Crippen molar-refractivity contribution in [2.24, 2.45) is 0 Å². The first-order chi connectivity index (χ1) is 12.9. The normalized spacial score (nSPS) is 10.4. The van der Waals surface area contributed by atoms with E-state index in [-0.39, 0.29) is 0 Å². The van der Waals surface area contributed by atoms with E-state index in [0.29, 0.717) is 12.1 Å². The minimum atomic E-state index is -2.08. The number of carboxylic acids is 6. The predicted octanol–water partition coefficient (Wildman–Crippen LogP) is 1.03. The molecule has 0 aromatic heterocycles. The van der Waals surface area contributed by atoms with E-state index in [2.05, 4.69) is 0 Å². The molecule has 0 radical (unpaired) electrons. The fourth-order valence-corrected chi connectivity index (χ4v) is 2.76. The summed E-state index contributed by atoms with van der Waals surface area (Å²) in [6.45, 7) is 0. The summed E-state index contributed by atoms with van der Waals surface area (Å²) < 4.78 is 0. The predicted molar refractivity (Wildman–Crippen MR) is 85.7 cm³/mol. The fourth-order valence-electron chi connectivity index (χ4n) is 2.76. The molecule has 0 amide bonds. The largest absolute Gasteiger partial charge is 0.478 e. The van der Waals surface area contributed by atoms with Crippen molar-refractivity contribution in [1.29, 1.82) is 0 Å². The van der Waals surface area contributed by atoms with Gasteiger partial charge in [0.25, 0.3) is 0 Å². The Balaban J connectivity index is 3.38. The van der Waals surface area contributed by atoms with Crippen LogP contribution >= 0.6 is 0 Å². The van der Waals surface area contributed by atoms with Crippen LogP contribution in [0.25, 0.3) is 10.8 Å². The van der Waals surface area contributed by atoms with Crippen LogP contribution in [0.15, 0.2) is 12.1 Å². The molecule has 0 heterocycles. The van der Waals surface area contributed by atoms with E-state index >= 15 is 0 Å².